The molecule has 0 aliphatic heterocycles. The van der Waals surface area contributed by atoms with Crippen molar-refractivity contribution in [2.24, 2.45) is 0 Å². The predicted octanol–water partition coefficient (Wildman–Crippen LogP) is 3.67. The van der Waals surface area contributed by atoms with Gasteiger partial charge < -0.3 is 0 Å². The molecular weight excluding hydrogens is 256 g/mol. The number of benzene rings is 2. The molecule has 0 bridgehead atoms. The molecule has 2 nitrogen and oxygen atoms in total. The lowest BCUT2D eigenvalue weighted by molar-refractivity contribution is 0.340. The van der Waals surface area contributed by atoms with E-state index in [1.165, 1.54) is 5.56 Å². The van der Waals surface area contributed by atoms with E-state index in [4.69, 9.17) is 4.18 Å². The first-order valence-corrected chi connectivity index (χ1v) is 7.49. The molecule has 1 atom stereocenters. The van der Waals surface area contributed by atoms with Gasteiger partial charge in [-0.05, 0) is 37.5 Å². The Labute approximate surface area is 117 Å². The summed E-state index contributed by atoms with van der Waals surface area (Å²) in [5, 5.41) is 0. The van der Waals surface area contributed by atoms with Crippen LogP contribution in [0.15, 0.2) is 59.5 Å². The maximum atomic E-state index is 11.9. The number of hydrogen-bond acceptors (Lipinski definition) is 2. The summed E-state index contributed by atoms with van der Waals surface area (Å²) in [6.07, 6.45) is 1.83. The second-order valence-corrected chi connectivity index (χ2v) is 5.64. The highest BCUT2D eigenvalue weighted by molar-refractivity contribution is 7.80. The minimum absolute atomic E-state index is 0.509. The van der Waals surface area contributed by atoms with Crippen molar-refractivity contribution in [1.82, 2.24) is 0 Å². The summed E-state index contributed by atoms with van der Waals surface area (Å²) in [6, 6.07) is 17.8. The monoisotopic (exact) mass is 274 g/mol. The molecule has 0 aliphatic rings. The summed E-state index contributed by atoms with van der Waals surface area (Å²) < 4.78 is 17.2. The molecule has 0 amide bonds. The van der Waals surface area contributed by atoms with E-state index < -0.39 is 11.1 Å². The third kappa shape index (κ3) is 4.62. The fourth-order valence-corrected chi connectivity index (χ4v) is 2.54. The first kappa shape index (κ1) is 14.0. The quantitative estimate of drug-likeness (QED) is 0.751. The third-order valence-corrected chi connectivity index (χ3v) is 3.89. The highest BCUT2D eigenvalue weighted by Gasteiger charge is 2.03. The van der Waals surface area contributed by atoms with Crippen LogP contribution in [-0.2, 0) is 21.7 Å². The van der Waals surface area contributed by atoms with Gasteiger partial charge in [-0.3, -0.25) is 4.18 Å². The van der Waals surface area contributed by atoms with Crippen LogP contribution in [0.25, 0.3) is 0 Å². The fourth-order valence-electron chi connectivity index (χ4n) is 1.77. The fraction of sp³-hybridized carbons (Fsp3) is 0.250. The Hall–Kier alpha value is -1.45. The standard InChI is InChI=1S/C16H18O2S/c1-14-9-11-16(12-10-14)19(17)18-13-5-8-15-6-3-2-4-7-15/h2-4,6-7,9-12H,5,8,13H2,1H3/t19-/m0/s1. The van der Waals surface area contributed by atoms with Gasteiger partial charge in [0.05, 0.1) is 11.5 Å². The van der Waals surface area contributed by atoms with E-state index >= 15 is 0 Å². The Morgan fingerprint density at radius 2 is 1.68 bits per heavy atom. The average molecular weight is 274 g/mol. The molecule has 0 radical (unpaired) electrons. The summed E-state index contributed by atoms with van der Waals surface area (Å²) in [5.41, 5.74) is 2.44. The Kier molecular flexibility index (Phi) is 5.31. The maximum Gasteiger partial charge on any atom is 0.189 e. The lowest BCUT2D eigenvalue weighted by Crippen LogP contribution is -2.01. The Morgan fingerprint density at radius 1 is 1.00 bits per heavy atom. The first-order valence-electron chi connectivity index (χ1n) is 6.41. The molecule has 3 heteroatoms. The van der Waals surface area contributed by atoms with Gasteiger partial charge in [-0.2, -0.15) is 0 Å². The van der Waals surface area contributed by atoms with Crippen LogP contribution in [0.5, 0.6) is 0 Å². The minimum atomic E-state index is -1.35. The molecule has 0 saturated carbocycles. The van der Waals surface area contributed by atoms with Crippen LogP contribution in [0.1, 0.15) is 17.5 Å². The van der Waals surface area contributed by atoms with Crippen LogP contribution in [0.4, 0.5) is 0 Å². The molecule has 2 rings (SSSR count). The van der Waals surface area contributed by atoms with Crippen molar-refractivity contribution in [2.75, 3.05) is 6.61 Å². The summed E-state index contributed by atoms with van der Waals surface area (Å²) in [4.78, 5) is 0.727. The Balaban J connectivity index is 1.74. The van der Waals surface area contributed by atoms with Crippen LogP contribution < -0.4 is 0 Å². The highest BCUT2D eigenvalue weighted by atomic mass is 32.2. The molecule has 0 fully saturated rings. The first-order chi connectivity index (χ1) is 9.25. The van der Waals surface area contributed by atoms with Gasteiger partial charge in [-0.25, -0.2) is 4.21 Å². The van der Waals surface area contributed by atoms with E-state index in [0.29, 0.717) is 6.61 Å². The molecular formula is C16H18O2S. The van der Waals surface area contributed by atoms with Crippen LogP contribution in [-0.4, -0.2) is 10.8 Å². The van der Waals surface area contributed by atoms with Gasteiger partial charge in [0.15, 0.2) is 11.1 Å². The summed E-state index contributed by atoms with van der Waals surface area (Å²) in [7, 11) is 0. The van der Waals surface area contributed by atoms with Crippen molar-refractivity contribution in [1.29, 1.82) is 0 Å². The minimum Gasteiger partial charge on any atom is -0.287 e. The van der Waals surface area contributed by atoms with E-state index in [-0.39, 0.29) is 0 Å². The molecule has 0 saturated heterocycles. The van der Waals surface area contributed by atoms with Gasteiger partial charge >= 0.3 is 0 Å². The second kappa shape index (κ2) is 7.22. The SMILES string of the molecule is Cc1ccc([S@@](=O)OCCCc2ccccc2)cc1. The van der Waals surface area contributed by atoms with Crippen molar-refractivity contribution in [2.45, 2.75) is 24.7 Å². The molecule has 0 aliphatic carbocycles. The predicted molar refractivity (Wildman–Crippen MR) is 78.3 cm³/mol. The van der Waals surface area contributed by atoms with Crippen molar-refractivity contribution in [3.8, 4) is 0 Å². The zero-order valence-corrected chi connectivity index (χ0v) is 11.9. The summed E-state index contributed by atoms with van der Waals surface area (Å²) in [6.45, 7) is 2.52. The van der Waals surface area contributed by atoms with E-state index in [0.717, 1.165) is 23.3 Å². The van der Waals surface area contributed by atoms with E-state index in [1.807, 2.05) is 49.4 Å². The summed E-state index contributed by atoms with van der Waals surface area (Å²) >= 11 is -1.35. The molecule has 0 heterocycles. The largest absolute Gasteiger partial charge is 0.287 e. The highest BCUT2D eigenvalue weighted by Crippen LogP contribution is 2.10. The average Bonchev–Trinajstić information content (AvgIpc) is 2.45. The lowest BCUT2D eigenvalue weighted by Gasteiger charge is -2.04. The van der Waals surface area contributed by atoms with Crippen molar-refractivity contribution in [3.05, 3.63) is 65.7 Å². The molecule has 0 aromatic heterocycles. The second-order valence-electron chi connectivity index (χ2n) is 4.46. The topological polar surface area (TPSA) is 26.3 Å². The van der Waals surface area contributed by atoms with Crippen LogP contribution in [0, 0.1) is 6.92 Å². The van der Waals surface area contributed by atoms with Gasteiger partial charge in [0, 0.05) is 0 Å². The van der Waals surface area contributed by atoms with E-state index in [2.05, 4.69) is 12.1 Å². The normalized spacial score (nSPS) is 12.3. The van der Waals surface area contributed by atoms with Crippen molar-refractivity contribution >= 4 is 11.1 Å². The van der Waals surface area contributed by atoms with Gasteiger partial charge in [-0.1, -0.05) is 48.0 Å². The molecule has 2 aromatic rings. The van der Waals surface area contributed by atoms with Crippen LogP contribution in [0.2, 0.25) is 0 Å². The molecule has 0 unspecified atom stereocenters. The van der Waals surface area contributed by atoms with Gasteiger partial charge in [0.2, 0.25) is 0 Å². The van der Waals surface area contributed by atoms with Crippen molar-refractivity contribution in [3.63, 3.8) is 0 Å². The molecule has 100 valence electrons. The van der Waals surface area contributed by atoms with Gasteiger partial charge in [-0.15, -0.1) is 0 Å². The number of hydrogen-bond donors (Lipinski definition) is 0. The summed E-state index contributed by atoms with van der Waals surface area (Å²) in [5.74, 6) is 0. The molecule has 0 N–H and O–H groups in total. The van der Waals surface area contributed by atoms with Crippen LogP contribution >= 0.6 is 0 Å². The number of aryl methyl sites for hydroxylation is 2. The van der Waals surface area contributed by atoms with Crippen LogP contribution in [0.3, 0.4) is 0 Å². The Bertz CT molecular complexity index is 520. The Morgan fingerprint density at radius 3 is 2.37 bits per heavy atom. The smallest absolute Gasteiger partial charge is 0.189 e. The zero-order chi connectivity index (χ0) is 13.5. The van der Waals surface area contributed by atoms with Crippen molar-refractivity contribution < 1.29 is 8.39 Å². The maximum absolute atomic E-state index is 11.9. The molecule has 2 aromatic carbocycles. The zero-order valence-electron chi connectivity index (χ0n) is 11.0. The van der Waals surface area contributed by atoms with E-state index in [9.17, 15) is 4.21 Å². The molecule has 19 heavy (non-hydrogen) atoms. The molecule has 0 spiro atoms. The third-order valence-electron chi connectivity index (χ3n) is 2.86. The van der Waals surface area contributed by atoms with E-state index in [1.54, 1.807) is 0 Å². The van der Waals surface area contributed by atoms with Gasteiger partial charge in [0.25, 0.3) is 0 Å². The van der Waals surface area contributed by atoms with Gasteiger partial charge in [0.1, 0.15) is 0 Å². The lowest BCUT2D eigenvalue weighted by atomic mass is 10.1. The number of rotatable bonds is 6.